The number of amides is 2. The Hall–Kier alpha value is -1.06. The zero-order valence-corrected chi connectivity index (χ0v) is 10.6. The average Bonchev–Trinajstić information content (AvgIpc) is 2.35. The lowest BCUT2D eigenvalue weighted by molar-refractivity contribution is 0.139. The zero-order valence-electron chi connectivity index (χ0n) is 10.6. The van der Waals surface area contributed by atoms with Gasteiger partial charge in [0.05, 0.1) is 0 Å². The number of nitrogens with zero attached hydrogens (tertiary/aromatic N) is 1. The lowest BCUT2D eigenvalue weighted by atomic mass is 9.64. The largest absolute Gasteiger partial charge is 0.350 e. The predicted octanol–water partition coefficient (Wildman–Crippen LogP) is 2.64. The molecule has 0 heterocycles. The maximum absolute atomic E-state index is 10.7. The third-order valence-electron chi connectivity index (χ3n) is 4.45. The Kier molecular flexibility index (Phi) is 4.02. The van der Waals surface area contributed by atoms with Crippen LogP contribution in [0.5, 0.6) is 0 Å². The van der Waals surface area contributed by atoms with E-state index in [0.717, 1.165) is 17.5 Å². The molecule has 2 amide bonds. The van der Waals surface area contributed by atoms with Crippen LogP contribution in [0.25, 0.3) is 0 Å². The first-order valence-corrected chi connectivity index (χ1v) is 6.78. The van der Waals surface area contributed by atoms with Gasteiger partial charge in [0.15, 0.2) is 0 Å². The van der Waals surface area contributed by atoms with Crippen molar-refractivity contribution in [2.75, 3.05) is 0 Å². The number of primary amides is 1. The van der Waals surface area contributed by atoms with Crippen molar-refractivity contribution in [2.45, 2.75) is 51.9 Å². The van der Waals surface area contributed by atoms with E-state index < -0.39 is 6.03 Å². The Morgan fingerprint density at radius 1 is 1.18 bits per heavy atom. The molecule has 17 heavy (non-hydrogen) atoms. The Bertz CT molecular complexity index is 312. The summed E-state index contributed by atoms with van der Waals surface area (Å²) in [6.45, 7) is 2.03. The maximum Gasteiger partial charge on any atom is 0.332 e. The van der Waals surface area contributed by atoms with E-state index in [-0.39, 0.29) is 0 Å². The lowest BCUT2D eigenvalue weighted by Crippen LogP contribution is -2.36. The predicted molar refractivity (Wildman–Crippen MR) is 68.6 cm³/mol. The molecule has 0 spiro atoms. The highest BCUT2D eigenvalue weighted by Gasteiger charge is 2.36. The highest BCUT2D eigenvalue weighted by Crippen LogP contribution is 2.44. The van der Waals surface area contributed by atoms with Crippen molar-refractivity contribution in [3.05, 3.63) is 0 Å². The molecule has 0 radical (unpaired) electrons. The molecular formula is C13H23N3O. The molecule has 3 N–H and O–H groups in total. The molecule has 2 saturated carbocycles. The van der Waals surface area contributed by atoms with Crippen molar-refractivity contribution < 1.29 is 4.79 Å². The van der Waals surface area contributed by atoms with Gasteiger partial charge in [0, 0.05) is 11.6 Å². The van der Waals surface area contributed by atoms with E-state index in [2.05, 4.69) is 10.5 Å². The fourth-order valence-corrected chi connectivity index (χ4v) is 3.68. The molecule has 3 atom stereocenters. The highest BCUT2D eigenvalue weighted by molar-refractivity contribution is 5.86. The maximum atomic E-state index is 10.7. The standard InChI is InChI=1S/C13H23N3O/c1-9(15-16-13(14)17)11-8-4-6-10-5-2-3-7-12(10)11/h10-12H,2-8H2,1H3,(H3,14,16,17)/b15-9+. The van der Waals surface area contributed by atoms with Crippen LogP contribution in [0, 0.1) is 17.8 Å². The van der Waals surface area contributed by atoms with Crippen molar-refractivity contribution >= 4 is 11.7 Å². The molecule has 96 valence electrons. The van der Waals surface area contributed by atoms with E-state index in [4.69, 9.17) is 5.73 Å². The van der Waals surface area contributed by atoms with E-state index in [0.29, 0.717) is 5.92 Å². The summed E-state index contributed by atoms with van der Waals surface area (Å²) in [6, 6.07) is -0.569. The second-order valence-corrected chi connectivity index (χ2v) is 5.48. The summed E-state index contributed by atoms with van der Waals surface area (Å²) in [7, 11) is 0. The fourth-order valence-electron chi connectivity index (χ4n) is 3.68. The van der Waals surface area contributed by atoms with Crippen LogP contribution in [-0.4, -0.2) is 11.7 Å². The summed E-state index contributed by atoms with van der Waals surface area (Å²) < 4.78 is 0. The number of carbonyl (C=O) groups is 1. The van der Waals surface area contributed by atoms with Gasteiger partial charge in [0.1, 0.15) is 0 Å². The van der Waals surface area contributed by atoms with Crippen LogP contribution in [-0.2, 0) is 0 Å². The third kappa shape index (κ3) is 2.99. The first kappa shape index (κ1) is 12.4. The second kappa shape index (κ2) is 5.52. The number of hydrazone groups is 1. The van der Waals surface area contributed by atoms with Crippen LogP contribution in [0.4, 0.5) is 4.79 Å². The molecule has 0 aromatic rings. The van der Waals surface area contributed by atoms with Crippen LogP contribution in [0.3, 0.4) is 0 Å². The summed E-state index contributed by atoms with van der Waals surface area (Å²) in [6.07, 6.45) is 9.37. The van der Waals surface area contributed by atoms with Crippen molar-refractivity contribution in [2.24, 2.45) is 28.6 Å². The van der Waals surface area contributed by atoms with Gasteiger partial charge < -0.3 is 5.73 Å². The quantitative estimate of drug-likeness (QED) is 0.562. The van der Waals surface area contributed by atoms with Gasteiger partial charge in [-0.1, -0.05) is 32.1 Å². The summed E-state index contributed by atoms with van der Waals surface area (Å²) in [5, 5.41) is 4.13. The van der Waals surface area contributed by atoms with Gasteiger partial charge in [-0.05, 0) is 31.6 Å². The Morgan fingerprint density at radius 3 is 2.65 bits per heavy atom. The van der Waals surface area contributed by atoms with Gasteiger partial charge in [0.25, 0.3) is 0 Å². The van der Waals surface area contributed by atoms with E-state index in [9.17, 15) is 4.79 Å². The van der Waals surface area contributed by atoms with Crippen LogP contribution in [0.1, 0.15) is 51.9 Å². The summed E-state index contributed by atoms with van der Waals surface area (Å²) >= 11 is 0. The van der Waals surface area contributed by atoms with E-state index in [1.165, 1.54) is 44.9 Å². The van der Waals surface area contributed by atoms with Crippen molar-refractivity contribution in [3.63, 3.8) is 0 Å². The molecule has 3 unspecified atom stereocenters. The van der Waals surface area contributed by atoms with Crippen molar-refractivity contribution in [1.29, 1.82) is 0 Å². The van der Waals surface area contributed by atoms with E-state index in [1.807, 2.05) is 6.92 Å². The molecule has 0 aromatic heterocycles. The minimum absolute atomic E-state index is 0.556. The monoisotopic (exact) mass is 237 g/mol. The number of nitrogens with one attached hydrogen (secondary N) is 1. The van der Waals surface area contributed by atoms with Crippen LogP contribution >= 0.6 is 0 Å². The molecule has 4 nitrogen and oxygen atoms in total. The molecule has 0 saturated heterocycles. The van der Waals surface area contributed by atoms with E-state index >= 15 is 0 Å². The smallest absolute Gasteiger partial charge is 0.332 e. The number of rotatable bonds is 2. The molecular weight excluding hydrogens is 214 g/mol. The highest BCUT2D eigenvalue weighted by atomic mass is 16.2. The normalized spacial score (nSPS) is 33.9. The van der Waals surface area contributed by atoms with Crippen LogP contribution < -0.4 is 11.2 Å². The molecule has 0 aliphatic heterocycles. The van der Waals surface area contributed by atoms with E-state index in [1.54, 1.807) is 0 Å². The molecule has 0 aromatic carbocycles. The number of urea groups is 1. The van der Waals surface area contributed by atoms with Crippen LogP contribution in [0.2, 0.25) is 0 Å². The van der Waals surface area contributed by atoms with Crippen LogP contribution in [0.15, 0.2) is 5.10 Å². The zero-order chi connectivity index (χ0) is 12.3. The average molecular weight is 237 g/mol. The number of fused-ring (bicyclic) bond motifs is 1. The SMILES string of the molecule is C/C(=N\NC(N)=O)C1CCCC2CCCCC21. The molecule has 2 aliphatic carbocycles. The van der Waals surface area contributed by atoms with Gasteiger partial charge >= 0.3 is 6.03 Å². The molecule has 4 heteroatoms. The number of carbonyl (C=O) groups excluding carboxylic acids is 1. The molecule has 2 aliphatic rings. The van der Waals surface area contributed by atoms with Crippen molar-refractivity contribution in [3.8, 4) is 0 Å². The fraction of sp³-hybridized carbons (Fsp3) is 0.846. The number of nitrogens with two attached hydrogens (primary N) is 1. The lowest BCUT2D eigenvalue weighted by Gasteiger charge is -2.41. The Balaban J connectivity index is 2.02. The van der Waals surface area contributed by atoms with Gasteiger partial charge in [-0.3, -0.25) is 0 Å². The van der Waals surface area contributed by atoms with Gasteiger partial charge in [-0.15, -0.1) is 0 Å². The topological polar surface area (TPSA) is 67.5 Å². The molecule has 0 bridgehead atoms. The first-order chi connectivity index (χ1) is 8.18. The second-order valence-electron chi connectivity index (χ2n) is 5.48. The van der Waals surface area contributed by atoms with Gasteiger partial charge in [0.2, 0.25) is 0 Å². The number of hydrogen-bond donors (Lipinski definition) is 2. The third-order valence-corrected chi connectivity index (χ3v) is 4.45. The van der Waals surface area contributed by atoms with Crippen molar-refractivity contribution in [1.82, 2.24) is 5.43 Å². The number of hydrogen-bond acceptors (Lipinski definition) is 2. The minimum Gasteiger partial charge on any atom is -0.350 e. The minimum atomic E-state index is -0.569. The first-order valence-electron chi connectivity index (χ1n) is 6.78. The Labute approximate surface area is 103 Å². The summed E-state index contributed by atoms with van der Waals surface area (Å²) in [5.74, 6) is 2.23. The van der Waals surface area contributed by atoms with Gasteiger partial charge in [-0.2, -0.15) is 5.10 Å². The molecule has 2 fully saturated rings. The summed E-state index contributed by atoms with van der Waals surface area (Å²) in [5.41, 5.74) is 8.47. The van der Waals surface area contributed by atoms with Gasteiger partial charge in [-0.25, -0.2) is 10.2 Å². The molecule has 2 rings (SSSR count). The Morgan fingerprint density at radius 2 is 1.88 bits per heavy atom. The summed E-state index contributed by atoms with van der Waals surface area (Å²) in [4.78, 5) is 10.7.